The van der Waals surface area contributed by atoms with Crippen molar-refractivity contribution in [1.29, 1.82) is 0 Å². The maximum atomic E-state index is 11.8. The fourth-order valence-corrected chi connectivity index (χ4v) is 3.69. The van der Waals surface area contributed by atoms with E-state index in [1.807, 2.05) is 13.0 Å². The van der Waals surface area contributed by atoms with Crippen LogP contribution >= 0.6 is 11.6 Å². The van der Waals surface area contributed by atoms with Crippen LogP contribution in [-0.2, 0) is 16.6 Å². The van der Waals surface area contributed by atoms with E-state index in [2.05, 4.69) is 4.98 Å². The molecule has 0 atom stereocenters. The maximum absolute atomic E-state index is 11.8. The van der Waals surface area contributed by atoms with Crippen molar-refractivity contribution >= 4 is 21.6 Å². The first-order valence-electron chi connectivity index (χ1n) is 5.59. The van der Waals surface area contributed by atoms with E-state index in [-0.39, 0.29) is 5.75 Å². The summed E-state index contributed by atoms with van der Waals surface area (Å²) >= 11 is 5.77. The summed E-state index contributed by atoms with van der Waals surface area (Å²) in [5, 5.41) is 0.438. The van der Waals surface area contributed by atoms with Gasteiger partial charge < -0.3 is 0 Å². The molecule has 1 aliphatic rings. The van der Waals surface area contributed by atoms with E-state index in [1.54, 1.807) is 6.07 Å². The predicted octanol–water partition coefficient (Wildman–Crippen LogP) is 1.97. The third kappa shape index (κ3) is 2.97. The van der Waals surface area contributed by atoms with E-state index in [0.29, 0.717) is 18.2 Å². The van der Waals surface area contributed by atoms with Gasteiger partial charge in [-0.25, -0.2) is 13.4 Å². The first-order chi connectivity index (χ1) is 7.99. The standard InChI is InChI=1S/C11H15ClN2O2S/c1-9-10(4-5-11(12)13-9)8-14-6-2-3-7-17(14,15)16/h4-5H,2-3,6-8H2,1H3. The van der Waals surface area contributed by atoms with E-state index in [9.17, 15) is 8.42 Å². The highest BCUT2D eigenvalue weighted by Gasteiger charge is 2.26. The fourth-order valence-electron chi connectivity index (χ4n) is 1.93. The van der Waals surface area contributed by atoms with Gasteiger partial charge in [0.1, 0.15) is 5.15 Å². The zero-order valence-corrected chi connectivity index (χ0v) is 11.3. The topological polar surface area (TPSA) is 50.3 Å². The summed E-state index contributed by atoms with van der Waals surface area (Å²) < 4.78 is 25.2. The third-order valence-electron chi connectivity index (χ3n) is 2.96. The van der Waals surface area contributed by atoms with Crippen LogP contribution in [-0.4, -0.2) is 30.0 Å². The Morgan fingerprint density at radius 1 is 1.41 bits per heavy atom. The quantitative estimate of drug-likeness (QED) is 0.775. The number of rotatable bonds is 2. The van der Waals surface area contributed by atoms with Crippen LogP contribution < -0.4 is 0 Å². The predicted molar refractivity (Wildman–Crippen MR) is 67.4 cm³/mol. The second-order valence-corrected chi connectivity index (χ2v) is 6.71. The molecule has 1 aromatic heterocycles. The SMILES string of the molecule is Cc1nc(Cl)ccc1CN1CCCCS1(=O)=O. The van der Waals surface area contributed by atoms with E-state index in [1.165, 1.54) is 4.31 Å². The van der Waals surface area contributed by atoms with Gasteiger partial charge in [0.05, 0.1) is 5.75 Å². The smallest absolute Gasteiger partial charge is 0.214 e. The molecule has 1 aromatic rings. The number of aryl methyl sites for hydroxylation is 1. The molecule has 0 radical (unpaired) electrons. The van der Waals surface area contributed by atoms with Gasteiger partial charge in [-0.1, -0.05) is 17.7 Å². The Balaban J connectivity index is 2.20. The van der Waals surface area contributed by atoms with Gasteiger partial charge >= 0.3 is 0 Å². The van der Waals surface area contributed by atoms with Crippen LogP contribution in [0.3, 0.4) is 0 Å². The van der Waals surface area contributed by atoms with Gasteiger partial charge in [0.15, 0.2) is 0 Å². The lowest BCUT2D eigenvalue weighted by Crippen LogP contribution is -2.37. The first-order valence-corrected chi connectivity index (χ1v) is 7.57. The van der Waals surface area contributed by atoms with Gasteiger partial charge in [0.2, 0.25) is 10.0 Å². The Kier molecular flexibility index (Phi) is 3.70. The van der Waals surface area contributed by atoms with Gasteiger partial charge in [-0.3, -0.25) is 0 Å². The molecule has 1 saturated heterocycles. The molecule has 2 rings (SSSR count). The molecular formula is C11H15ClN2O2S. The molecule has 0 amide bonds. The molecule has 0 N–H and O–H groups in total. The highest BCUT2D eigenvalue weighted by molar-refractivity contribution is 7.89. The average molecular weight is 275 g/mol. The number of pyridine rings is 1. The molecule has 0 unspecified atom stereocenters. The summed E-state index contributed by atoms with van der Waals surface area (Å²) in [5.41, 5.74) is 1.71. The van der Waals surface area contributed by atoms with Crippen molar-refractivity contribution in [2.45, 2.75) is 26.3 Å². The Hall–Kier alpha value is -0.650. The minimum atomic E-state index is -3.08. The van der Waals surface area contributed by atoms with Crippen LogP contribution in [0.25, 0.3) is 0 Å². The second kappa shape index (κ2) is 4.92. The van der Waals surface area contributed by atoms with Crippen molar-refractivity contribution in [3.05, 3.63) is 28.5 Å². The van der Waals surface area contributed by atoms with E-state index in [4.69, 9.17) is 11.6 Å². The third-order valence-corrected chi connectivity index (χ3v) is 5.07. The number of aromatic nitrogens is 1. The summed E-state index contributed by atoms with van der Waals surface area (Å²) in [6, 6.07) is 3.54. The largest absolute Gasteiger partial charge is 0.241 e. The van der Waals surface area contributed by atoms with Gasteiger partial charge in [0.25, 0.3) is 0 Å². The number of hydrogen-bond acceptors (Lipinski definition) is 3. The van der Waals surface area contributed by atoms with Crippen molar-refractivity contribution in [2.24, 2.45) is 0 Å². The average Bonchev–Trinajstić information content (AvgIpc) is 2.24. The van der Waals surface area contributed by atoms with Crippen LogP contribution in [0.5, 0.6) is 0 Å². The molecule has 2 heterocycles. The molecule has 0 saturated carbocycles. The van der Waals surface area contributed by atoms with Crippen molar-refractivity contribution in [3.8, 4) is 0 Å². The molecule has 94 valence electrons. The minimum absolute atomic E-state index is 0.257. The summed E-state index contributed by atoms with van der Waals surface area (Å²) in [6.45, 7) is 2.85. The molecule has 0 spiro atoms. The normalized spacial score (nSPS) is 20.4. The fraction of sp³-hybridized carbons (Fsp3) is 0.545. The highest BCUT2D eigenvalue weighted by atomic mass is 35.5. The lowest BCUT2D eigenvalue weighted by atomic mass is 10.2. The van der Waals surface area contributed by atoms with Crippen molar-refractivity contribution in [1.82, 2.24) is 9.29 Å². The van der Waals surface area contributed by atoms with Crippen LogP contribution in [0.15, 0.2) is 12.1 Å². The summed E-state index contributed by atoms with van der Waals surface area (Å²) in [6.07, 6.45) is 1.69. The zero-order chi connectivity index (χ0) is 12.5. The number of nitrogens with zero attached hydrogens (tertiary/aromatic N) is 2. The summed E-state index contributed by atoms with van der Waals surface area (Å²) in [5.74, 6) is 0.257. The number of hydrogen-bond donors (Lipinski definition) is 0. The molecule has 0 aliphatic carbocycles. The lowest BCUT2D eigenvalue weighted by Gasteiger charge is -2.26. The van der Waals surface area contributed by atoms with Crippen molar-refractivity contribution in [2.75, 3.05) is 12.3 Å². The summed E-state index contributed by atoms with van der Waals surface area (Å²) in [7, 11) is -3.08. The number of halogens is 1. The molecule has 6 heteroatoms. The highest BCUT2D eigenvalue weighted by Crippen LogP contribution is 2.19. The lowest BCUT2D eigenvalue weighted by molar-refractivity contribution is 0.377. The Bertz CT molecular complexity index is 516. The van der Waals surface area contributed by atoms with Crippen molar-refractivity contribution < 1.29 is 8.42 Å². The molecule has 17 heavy (non-hydrogen) atoms. The molecule has 1 fully saturated rings. The number of sulfonamides is 1. The van der Waals surface area contributed by atoms with Crippen LogP contribution in [0.4, 0.5) is 0 Å². The van der Waals surface area contributed by atoms with Crippen LogP contribution in [0.1, 0.15) is 24.1 Å². The Morgan fingerprint density at radius 3 is 2.82 bits per heavy atom. The maximum Gasteiger partial charge on any atom is 0.214 e. The molecule has 0 aromatic carbocycles. The monoisotopic (exact) mass is 274 g/mol. The summed E-state index contributed by atoms with van der Waals surface area (Å²) in [4.78, 5) is 4.13. The molecule has 4 nitrogen and oxygen atoms in total. The van der Waals surface area contributed by atoms with Crippen LogP contribution in [0, 0.1) is 6.92 Å². The van der Waals surface area contributed by atoms with E-state index in [0.717, 1.165) is 24.1 Å². The van der Waals surface area contributed by atoms with E-state index < -0.39 is 10.0 Å². The molecular weight excluding hydrogens is 260 g/mol. The molecule has 1 aliphatic heterocycles. The Labute approximate surface area is 107 Å². The van der Waals surface area contributed by atoms with E-state index >= 15 is 0 Å². The Morgan fingerprint density at radius 2 is 2.18 bits per heavy atom. The molecule has 0 bridgehead atoms. The first kappa shape index (κ1) is 12.8. The van der Waals surface area contributed by atoms with Gasteiger partial charge in [0, 0.05) is 18.8 Å². The zero-order valence-electron chi connectivity index (χ0n) is 9.69. The van der Waals surface area contributed by atoms with Gasteiger partial charge in [-0.15, -0.1) is 0 Å². The van der Waals surface area contributed by atoms with Gasteiger partial charge in [-0.05, 0) is 31.4 Å². The van der Waals surface area contributed by atoms with Gasteiger partial charge in [-0.2, -0.15) is 4.31 Å². The van der Waals surface area contributed by atoms with Crippen LogP contribution in [0.2, 0.25) is 5.15 Å². The van der Waals surface area contributed by atoms with Crippen molar-refractivity contribution in [3.63, 3.8) is 0 Å². The second-order valence-electron chi connectivity index (χ2n) is 4.24. The minimum Gasteiger partial charge on any atom is -0.241 e.